The summed E-state index contributed by atoms with van der Waals surface area (Å²) in [5.74, 6) is -2.28. The summed E-state index contributed by atoms with van der Waals surface area (Å²) in [6.45, 7) is 4.68. The molecular formula is C89H154O17P2. The van der Waals surface area contributed by atoms with Gasteiger partial charge in [-0.1, -0.05) is 329 Å². The molecule has 0 aromatic heterocycles. The van der Waals surface area contributed by atoms with Crippen molar-refractivity contribution in [3.05, 3.63) is 122 Å². The third kappa shape index (κ3) is 79.5. The highest BCUT2D eigenvalue weighted by molar-refractivity contribution is 7.47. The highest BCUT2D eigenvalue weighted by Crippen LogP contribution is 2.45. The van der Waals surface area contributed by atoms with Gasteiger partial charge in [0.2, 0.25) is 0 Å². The molecule has 19 heteroatoms. The first kappa shape index (κ1) is 103. The summed E-state index contributed by atoms with van der Waals surface area (Å²) in [4.78, 5) is 73.2. The molecule has 0 spiro atoms. The molecule has 0 saturated carbocycles. The fourth-order valence-electron chi connectivity index (χ4n) is 11.4. The van der Waals surface area contributed by atoms with Crippen LogP contribution in [-0.2, 0) is 65.4 Å². The molecule has 108 heavy (non-hydrogen) atoms. The van der Waals surface area contributed by atoms with Crippen LogP contribution >= 0.6 is 15.6 Å². The Bertz CT molecular complexity index is 2520. The van der Waals surface area contributed by atoms with Gasteiger partial charge in [0.05, 0.1) is 26.4 Å². The van der Waals surface area contributed by atoms with Gasteiger partial charge in [-0.05, 0) is 128 Å². The van der Waals surface area contributed by atoms with Gasteiger partial charge in [0.25, 0.3) is 0 Å². The number of aliphatic hydroxyl groups is 1. The number of aliphatic hydroxyl groups excluding tert-OH is 1. The van der Waals surface area contributed by atoms with Crippen LogP contribution in [0.25, 0.3) is 0 Å². The summed E-state index contributed by atoms with van der Waals surface area (Å²) >= 11 is 0. The monoisotopic (exact) mass is 1560 g/mol. The van der Waals surface area contributed by atoms with Crippen LogP contribution in [0.2, 0.25) is 0 Å². The lowest BCUT2D eigenvalue weighted by Gasteiger charge is -2.21. The highest BCUT2D eigenvalue weighted by Gasteiger charge is 2.30. The van der Waals surface area contributed by atoms with Crippen LogP contribution < -0.4 is 0 Å². The number of unbranched alkanes of at least 4 members (excludes halogenated alkanes) is 34. The van der Waals surface area contributed by atoms with Crippen LogP contribution in [0.5, 0.6) is 0 Å². The van der Waals surface area contributed by atoms with E-state index in [0.717, 1.165) is 154 Å². The molecule has 3 N–H and O–H groups in total. The maximum atomic E-state index is 13.1. The van der Waals surface area contributed by atoms with Gasteiger partial charge < -0.3 is 33.8 Å². The largest absolute Gasteiger partial charge is 0.472 e. The van der Waals surface area contributed by atoms with E-state index in [4.69, 9.17) is 37.0 Å². The normalized spacial score (nSPS) is 14.4. The molecule has 0 aliphatic heterocycles. The topological polar surface area (TPSA) is 237 Å². The highest BCUT2D eigenvalue weighted by atomic mass is 31.2. The zero-order valence-electron chi connectivity index (χ0n) is 68.2. The quantitative estimate of drug-likeness (QED) is 0.0169. The van der Waals surface area contributed by atoms with Gasteiger partial charge in [-0.25, -0.2) is 9.13 Å². The van der Waals surface area contributed by atoms with Crippen LogP contribution in [0.15, 0.2) is 122 Å². The summed E-state index contributed by atoms with van der Waals surface area (Å²) in [5, 5.41) is 10.7. The Kier molecular flexibility index (Phi) is 77.1. The zero-order chi connectivity index (χ0) is 78.9. The van der Waals surface area contributed by atoms with Crippen LogP contribution in [-0.4, -0.2) is 96.7 Å². The average Bonchev–Trinajstić information content (AvgIpc) is 0.923. The first-order chi connectivity index (χ1) is 52.7. The second-order valence-corrected chi connectivity index (χ2v) is 31.3. The lowest BCUT2D eigenvalue weighted by Crippen LogP contribution is -2.30. The van der Waals surface area contributed by atoms with Gasteiger partial charge in [0.15, 0.2) is 12.2 Å². The van der Waals surface area contributed by atoms with E-state index in [-0.39, 0.29) is 25.7 Å². The van der Waals surface area contributed by atoms with Gasteiger partial charge in [0, 0.05) is 25.7 Å². The molecule has 0 bridgehead atoms. The molecule has 0 aliphatic carbocycles. The Morgan fingerprint density at radius 2 is 0.500 bits per heavy atom. The number of esters is 4. The molecule has 0 rings (SSSR count). The summed E-state index contributed by atoms with van der Waals surface area (Å²) in [5.41, 5.74) is 0. The number of carbonyl (C=O) groups is 4. The SMILES string of the molecule is CC/C=C\C/C=C\C/C=C\C/C=C\C/C=C\C/C=C\CCC(=O)OCC(COP(=O)(O)OCC(O)COP(=O)(O)OCC(COC(=O)CCCCCCCC/C=C\C/C=C\C/C=C\CCCCC)OC(=O)CCCCCCC/C=C\CCCCCCCC)OC(=O)CCCCCCCCCCCCCCCCC. The van der Waals surface area contributed by atoms with Gasteiger partial charge in [-0.2, -0.15) is 0 Å². The Morgan fingerprint density at radius 1 is 0.269 bits per heavy atom. The Hall–Kier alpha value is -4.54. The molecular weight excluding hydrogens is 1400 g/mol. The lowest BCUT2D eigenvalue weighted by atomic mass is 10.0. The predicted molar refractivity (Wildman–Crippen MR) is 445 cm³/mol. The summed E-state index contributed by atoms with van der Waals surface area (Å²) in [6.07, 6.45) is 90.3. The van der Waals surface area contributed by atoms with Crippen molar-refractivity contribution in [3.8, 4) is 0 Å². The van der Waals surface area contributed by atoms with Crippen molar-refractivity contribution >= 4 is 39.5 Å². The Morgan fingerprint density at radius 3 is 0.824 bits per heavy atom. The van der Waals surface area contributed by atoms with E-state index >= 15 is 0 Å². The van der Waals surface area contributed by atoms with E-state index in [1.165, 1.54) is 122 Å². The number of hydrogen-bond donors (Lipinski definition) is 3. The fourth-order valence-corrected chi connectivity index (χ4v) is 13.0. The minimum atomic E-state index is -5.00. The van der Waals surface area contributed by atoms with Crippen LogP contribution in [0.3, 0.4) is 0 Å². The van der Waals surface area contributed by atoms with Gasteiger partial charge in [-0.15, -0.1) is 0 Å². The van der Waals surface area contributed by atoms with Crippen LogP contribution in [0.4, 0.5) is 0 Å². The van der Waals surface area contributed by atoms with Crippen molar-refractivity contribution < 1.29 is 80.2 Å². The molecule has 622 valence electrons. The smallest absolute Gasteiger partial charge is 0.462 e. The van der Waals surface area contributed by atoms with E-state index in [2.05, 4.69) is 137 Å². The zero-order valence-corrected chi connectivity index (χ0v) is 70.0. The van der Waals surface area contributed by atoms with E-state index in [1.807, 2.05) is 12.2 Å². The van der Waals surface area contributed by atoms with Crippen molar-refractivity contribution in [2.75, 3.05) is 39.6 Å². The first-order valence-electron chi connectivity index (χ1n) is 42.8. The predicted octanol–water partition coefficient (Wildman–Crippen LogP) is 25.5. The molecule has 5 unspecified atom stereocenters. The Labute approximate surface area is 657 Å². The molecule has 0 radical (unpaired) electrons. The minimum Gasteiger partial charge on any atom is -0.462 e. The molecule has 17 nitrogen and oxygen atoms in total. The number of carbonyl (C=O) groups excluding carboxylic acids is 4. The molecule has 0 aliphatic rings. The first-order valence-corrected chi connectivity index (χ1v) is 45.8. The Balaban J connectivity index is 5.42. The van der Waals surface area contributed by atoms with Crippen molar-refractivity contribution in [1.29, 1.82) is 0 Å². The number of ether oxygens (including phenoxy) is 4. The van der Waals surface area contributed by atoms with Gasteiger partial charge >= 0.3 is 39.5 Å². The molecule has 0 saturated heterocycles. The van der Waals surface area contributed by atoms with Crippen molar-refractivity contribution in [3.63, 3.8) is 0 Å². The molecule has 5 atom stereocenters. The standard InChI is InChI=1S/C89H154O17P2/c1-5-9-13-17-21-25-29-33-37-39-41-43-47-49-53-57-61-65-69-73-86(91)99-79-84(105-88(93)75-71-67-63-59-55-51-45-35-31-27-23-19-15-11-7-3)81-103-107(95,96)101-77-83(90)78-102-108(97,98)104-82-85(106-89(94)76-72-68-64-60-56-52-46-36-32-28-24-20-16-12-8-4)80-100-87(92)74-70-66-62-58-54-50-48-44-42-40-38-34-30-26-22-18-14-10-6-2/h9,13,21-22,25-26,33-34,36-38,41-44,46,49,53,61,65,83-85,90H,5-8,10-12,14-20,23-24,27-32,35,39-40,45,47-48,50-52,54-60,62-64,66-82H2,1-4H3,(H,95,96)(H,97,98)/b13-9-,25-21-,26-22-,37-33-,38-34-,43-41-,44-42-,46-36-,53-49-,65-61-. The average molecular weight is 1560 g/mol. The van der Waals surface area contributed by atoms with E-state index in [0.29, 0.717) is 32.1 Å². The third-order valence-electron chi connectivity index (χ3n) is 17.9. The fraction of sp³-hybridized carbons (Fsp3) is 0.730. The molecule has 0 aromatic carbocycles. The maximum Gasteiger partial charge on any atom is 0.472 e. The van der Waals surface area contributed by atoms with E-state index in [1.54, 1.807) is 0 Å². The van der Waals surface area contributed by atoms with E-state index < -0.39 is 97.5 Å². The van der Waals surface area contributed by atoms with Gasteiger partial charge in [-0.3, -0.25) is 37.3 Å². The number of hydrogen-bond acceptors (Lipinski definition) is 15. The number of allylic oxidation sites excluding steroid dienone is 20. The third-order valence-corrected chi connectivity index (χ3v) is 19.8. The molecule has 0 heterocycles. The molecule has 0 amide bonds. The van der Waals surface area contributed by atoms with Crippen molar-refractivity contribution in [2.24, 2.45) is 0 Å². The summed E-state index contributed by atoms with van der Waals surface area (Å²) < 4.78 is 68.7. The van der Waals surface area contributed by atoms with Crippen molar-refractivity contribution in [2.45, 2.75) is 380 Å². The van der Waals surface area contributed by atoms with Crippen molar-refractivity contribution in [1.82, 2.24) is 0 Å². The second-order valence-electron chi connectivity index (χ2n) is 28.4. The summed E-state index contributed by atoms with van der Waals surface area (Å²) in [7, 11) is -9.99. The molecule has 0 fully saturated rings. The minimum absolute atomic E-state index is 0.0364. The number of rotatable bonds is 80. The lowest BCUT2D eigenvalue weighted by molar-refractivity contribution is -0.161. The molecule has 0 aromatic rings. The second kappa shape index (κ2) is 80.5. The summed E-state index contributed by atoms with van der Waals surface area (Å²) in [6, 6.07) is 0. The van der Waals surface area contributed by atoms with Crippen LogP contribution in [0, 0.1) is 0 Å². The van der Waals surface area contributed by atoms with Gasteiger partial charge in [0.1, 0.15) is 19.3 Å². The maximum absolute atomic E-state index is 13.1. The number of phosphoric acid groups is 2. The van der Waals surface area contributed by atoms with E-state index in [9.17, 15) is 43.2 Å². The number of phosphoric ester groups is 2. The van der Waals surface area contributed by atoms with Crippen LogP contribution in [0.1, 0.15) is 362 Å².